The zero-order valence-electron chi connectivity index (χ0n) is 12.7. The van der Waals surface area contributed by atoms with Crippen LogP contribution in [0.4, 0.5) is 4.79 Å². The van der Waals surface area contributed by atoms with Gasteiger partial charge in [-0.15, -0.1) is 0 Å². The van der Waals surface area contributed by atoms with Gasteiger partial charge in [0.1, 0.15) is 5.60 Å². The lowest BCUT2D eigenvalue weighted by atomic mass is 10.1. The normalized spacial score (nSPS) is 22.4. The first-order valence-electron chi connectivity index (χ1n) is 7.01. The Morgan fingerprint density at radius 1 is 1.43 bits per heavy atom. The van der Waals surface area contributed by atoms with E-state index in [1.54, 1.807) is 33.3 Å². The van der Waals surface area contributed by atoms with Crippen LogP contribution in [-0.4, -0.2) is 51.1 Å². The SMILES string of the molecule is CC(C)(C)OC(=O)N1C[C@H](n2ccnc2)C[C@H]1C(=O)CN. The van der Waals surface area contributed by atoms with E-state index in [0.29, 0.717) is 13.0 Å². The predicted octanol–water partition coefficient (Wildman–Crippen LogP) is 0.961. The third-order valence-corrected chi connectivity index (χ3v) is 3.43. The van der Waals surface area contributed by atoms with Crippen molar-refractivity contribution < 1.29 is 14.3 Å². The molecular formula is C14H22N4O3. The molecule has 1 saturated heterocycles. The molecule has 0 saturated carbocycles. The maximum atomic E-state index is 12.3. The number of ketones is 1. The van der Waals surface area contributed by atoms with E-state index in [-0.39, 0.29) is 18.4 Å². The summed E-state index contributed by atoms with van der Waals surface area (Å²) in [7, 11) is 0. The lowest BCUT2D eigenvalue weighted by molar-refractivity contribution is -0.122. The summed E-state index contributed by atoms with van der Waals surface area (Å²) in [6, 6.07) is -0.516. The van der Waals surface area contributed by atoms with E-state index in [2.05, 4.69) is 4.98 Å². The van der Waals surface area contributed by atoms with Crippen LogP contribution in [0.5, 0.6) is 0 Å². The van der Waals surface area contributed by atoms with E-state index < -0.39 is 17.7 Å². The highest BCUT2D eigenvalue weighted by Gasteiger charge is 2.41. The Kier molecular flexibility index (Phi) is 4.32. The maximum absolute atomic E-state index is 12.3. The average molecular weight is 294 g/mol. The lowest BCUT2D eigenvalue weighted by Gasteiger charge is -2.27. The summed E-state index contributed by atoms with van der Waals surface area (Å²) in [5.41, 5.74) is 4.86. The third-order valence-electron chi connectivity index (χ3n) is 3.43. The number of carbonyl (C=O) groups excluding carboxylic acids is 2. The molecule has 116 valence electrons. The number of Topliss-reactive ketones (excluding diaryl/α,β-unsaturated/α-hetero) is 1. The minimum atomic E-state index is -0.597. The number of carbonyl (C=O) groups is 2. The molecule has 7 heteroatoms. The van der Waals surface area contributed by atoms with Crippen molar-refractivity contribution in [3.05, 3.63) is 18.7 Å². The molecule has 1 amide bonds. The summed E-state index contributed by atoms with van der Waals surface area (Å²) in [6.07, 6.45) is 5.25. The third kappa shape index (κ3) is 3.60. The molecule has 0 bridgehead atoms. The number of ether oxygens (including phenoxy) is 1. The first kappa shape index (κ1) is 15.5. The highest BCUT2D eigenvalue weighted by atomic mass is 16.6. The number of nitrogens with zero attached hydrogens (tertiary/aromatic N) is 3. The maximum Gasteiger partial charge on any atom is 0.410 e. The van der Waals surface area contributed by atoms with E-state index in [1.165, 1.54) is 4.90 Å². The fraction of sp³-hybridized carbons (Fsp3) is 0.643. The van der Waals surface area contributed by atoms with Crippen LogP contribution < -0.4 is 5.73 Å². The second kappa shape index (κ2) is 5.85. The number of hydrogen-bond acceptors (Lipinski definition) is 5. The molecule has 2 heterocycles. The standard InChI is InChI=1S/C14H22N4O3/c1-14(2,3)21-13(20)18-8-10(17-5-4-16-9-17)6-11(18)12(19)7-15/h4-5,9-11H,6-8,15H2,1-3H3/t10-,11+/m1/s1. The molecule has 1 aliphatic rings. The van der Waals surface area contributed by atoms with Crippen molar-refractivity contribution in [3.8, 4) is 0 Å². The number of aromatic nitrogens is 2. The van der Waals surface area contributed by atoms with Gasteiger partial charge in [-0.2, -0.15) is 0 Å². The van der Waals surface area contributed by atoms with Crippen molar-refractivity contribution >= 4 is 11.9 Å². The molecule has 0 aliphatic carbocycles. The molecule has 0 aromatic carbocycles. The Labute approximate surface area is 124 Å². The van der Waals surface area contributed by atoms with Crippen LogP contribution >= 0.6 is 0 Å². The predicted molar refractivity (Wildman–Crippen MR) is 76.7 cm³/mol. The van der Waals surface area contributed by atoms with Gasteiger partial charge < -0.3 is 15.0 Å². The molecule has 21 heavy (non-hydrogen) atoms. The quantitative estimate of drug-likeness (QED) is 0.896. The van der Waals surface area contributed by atoms with Crippen molar-refractivity contribution in [2.24, 2.45) is 5.73 Å². The Hall–Kier alpha value is -1.89. The summed E-state index contributed by atoms with van der Waals surface area (Å²) in [5.74, 6) is -0.150. The minimum Gasteiger partial charge on any atom is -0.444 e. The highest BCUT2D eigenvalue weighted by Crippen LogP contribution is 2.29. The number of nitrogens with two attached hydrogens (primary N) is 1. The molecular weight excluding hydrogens is 272 g/mol. The van der Waals surface area contributed by atoms with Crippen molar-refractivity contribution in [1.82, 2.24) is 14.5 Å². The van der Waals surface area contributed by atoms with Crippen molar-refractivity contribution in [1.29, 1.82) is 0 Å². The Balaban J connectivity index is 2.16. The number of likely N-dealkylation sites (tertiary alicyclic amines) is 1. The van der Waals surface area contributed by atoms with Crippen molar-refractivity contribution in [2.45, 2.75) is 44.9 Å². The first-order valence-corrected chi connectivity index (χ1v) is 7.01. The summed E-state index contributed by atoms with van der Waals surface area (Å²) >= 11 is 0. The van der Waals surface area contributed by atoms with Gasteiger partial charge in [0.2, 0.25) is 0 Å². The number of hydrogen-bond donors (Lipinski definition) is 1. The van der Waals surface area contributed by atoms with E-state index in [0.717, 1.165) is 0 Å². The number of rotatable bonds is 3. The van der Waals surface area contributed by atoms with Crippen LogP contribution in [0.15, 0.2) is 18.7 Å². The molecule has 7 nitrogen and oxygen atoms in total. The molecule has 0 radical (unpaired) electrons. The molecule has 1 fully saturated rings. The Bertz CT molecular complexity index is 507. The van der Waals surface area contributed by atoms with E-state index in [9.17, 15) is 9.59 Å². The molecule has 0 unspecified atom stereocenters. The summed E-state index contributed by atoms with van der Waals surface area (Å²) in [4.78, 5) is 29.8. The monoisotopic (exact) mass is 294 g/mol. The van der Waals surface area contributed by atoms with Crippen LogP contribution in [0.1, 0.15) is 33.2 Å². The van der Waals surface area contributed by atoms with E-state index in [1.807, 2.05) is 10.8 Å². The van der Waals surface area contributed by atoms with Crippen LogP contribution in [0, 0.1) is 0 Å². The number of imidazole rings is 1. The van der Waals surface area contributed by atoms with Crippen LogP contribution in [-0.2, 0) is 9.53 Å². The lowest BCUT2D eigenvalue weighted by Crippen LogP contribution is -2.45. The van der Waals surface area contributed by atoms with Gasteiger partial charge in [0.05, 0.1) is 25.0 Å². The fourth-order valence-electron chi connectivity index (χ4n) is 2.48. The zero-order chi connectivity index (χ0) is 15.6. The van der Waals surface area contributed by atoms with Gasteiger partial charge in [-0.25, -0.2) is 9.78 Å². The van der Waals surface area contributed by atoms with Gasteiger partial charge >= 0.3 is 6.09 Å². The van der Waals surface area contributed by atoms with Gasteiger partial charge in [0, 0.05) is 18.9 Å². The molecule has 1 aliphatic heterocycles. The van der Waals surface area contributed by atoms with Gasteiger partial charge in [-0.3, -0.25) is 9.69 Å². The Morgan fingerprint density at radius 2 is 2.14 bits per heavy atom. The second-order valence-corrected chi connectivity index (χ2v) is 6.22. The largest absolute Gasteiger partial charge is 0.444 e. The minimum absolute atomic E-state index is 0.0144. The van der Waals surface area contributed by atoms with Crippen LogP contribution in [0.3, 0.4) is 0 Å². The van der Waals surface area contributed by atoms with Crippen molar-refractivity contribution in [3.63, 3.8) is 0 Å². The zero-order valence-corrected chi connectivity index (χ0v) is 12.7. The fourth-order valence-corrected chi connectivity index (χ4v) is 2.48. The van der Waals surface area contributed by atoms with Gasteiger partial charge in [-0.05, 0) is 27.2 Å². The summed E-state index contributed by atoms with van der Waals surface area (Å²) < 4.78 is 7.29. The second-order valence-electron chi connectivity index (χ2n) is 6.22. The van der Waals surface area contributed by atoms with E-state index in [4.69, 9.17) is 10.5 Å². The molecule has 2 N–H and O–H groups in total. The van der Waals surface area contributed by atoms with Gasteiger partial charge in [0.15, 0.2) is 5.78 Å². The summed E-state index contributed by atoms with van der Waals surface area (Å²) in [6.45, 7) is 5.73. The smallest absolute Gasteiger partial charge is 0.410 e. The highest BCUT2D eigenvalue weighted by molar-refractivity contribution is 5.89. The topological polar surface area (TPSA) is 90.5 Å². The van der Waals surface area contributed by atoms with Gasteiger partial charge in [0.25, 0.3) is 0 Å². The summed E-state index contributed by atoms with van der Waals surface area (Å²) in [5, 5.41) is 0. The molecule has 1 aromatic heterocycles. The van der Waals surface area contributed by atoms with Crippen LogP contribution in [0.2, 0.25) is 0 Å². The molecule has 2 atom stereocenters. The molecule has 2 rings (SSSR count). The average Bonchev–Trinajstić information content (AvgIpc) is 3.04. The first-order chi connectivity index (χ1) is 9.81. The van der Waals surface area contributed by atoms with Crippen molar-refractivity contribution in [2.75, 3.05) is 13.1 Å². The van der Waals surface area contributed by atoms with Gasteiger partial charge in [-0.1, -0.05) is 0 Å². The van der Waals surface area contributed by atoms with E-state index >= 15 is 0 Å². The molecule has 1 aromatic rings. The van der Waals surface area contributed by atoms with Crippen LogP contribution in [0.25, 0.3) is 0 Å². The molecule has 0 spiro atoms. The Morgan fingerprint density at radius 3 is 2.67 bits per heavy atom. The number of amides is 1.